The highest BCUT2D eigenvalue weighted by molar-refractivity contribution is 5.03. The van der Waals surface area contributed by atoms with E-state index >= 15 is 0 Å². The SMILES string of the molecule is CNC(CF)c1ccco1. The van der Waals surface area contributed by atoms with Gasteiger partial charge in [-0.2, -0.15) is 0 Å². The standard InChI is InChI=1S/C7H10FNO/c1-9-6(5-8)7-3-2-4-10-7/h2-4,6,9H,5H2,1H3. The summed E-state index contributed by atoms with van der Waals surface area (Å²) in [7, 11) is 1.70. The van der Waals surface area contributed by atoms with E-state index < -0.39 is 6.67 Å². The van der Waals surface area contributed by atoms with E-state index in [-0.39, 0.29) is 6.04 Å². The summed E-state index contributed by atoms with van der Waals surface area (Å²) in [4.78, 5) is 0. The average molecular weight is 143 g/mol. The summed E-state index contributed by atoms with van der Waals surface area (Å²) in [5, 5.41) is 2.79. The lowest BCUT2D eigenvalue weighted by Crippen LogP contribution is -2.17. The molecule has 1 aromatic heterocycles. The van der Waals surface area contributed by atoms with Gasteiger partial charge < -0.3 is 9.73 Å². The molecule has 0 aromatic carbocycles. The van der Waals surface area contributed by atoms with Crippen LogP contribution in [0.3, 0.4) is 0 Å². The monoisotopic (exact) mass is 143 g/mol. The molecule has 1 heterocycles. The van der Waals surface area contributed by atoms with Gasteiger partial charge in [-0.05, 0) is 19.2 Å². The lowest BCUT2D eigenvalue weighted by Gasteiger charge is -2.06. The Morgan fingerprint density at radius 1 is 1.80 bits per heavy atom. The largest absolute Gasteiger partial charge is 0.468 e. The van der Waals surface area contributed by atoms with E-state index in [0.717, 1.165) is 0 Å². The van der Waals surface area contributed by atoms with Gasteiger partial charge in [0.25, 0.3) is 0 Å². The minimum absolute atomic E-state index is 0.296. The second-order valence-corrected chi connectivity index (χ2v) is 2.01. The van der Waals surface area contributed by atoms with Gasteiger partial charge in [0.15, 0.2) is 0 Å². The van der Waals surface area contributed by atoms with Crippen molar-refractivity contribution in [2.75, 3.05) is 13.7 Å². The highest BCUT2D eigenvalue weighted by Crippen LogP contribution is 2.12. The number of rotatable bonds is 3. The summed E-state index contributed by atoms with van der Waals surface area (Å²) >= 11 is 0. The van der Waals surface area contributed by atoms with Crippen molar-refractivity contribution in [2.24, 2.45) is 0 Å². The fourth-order valence-electron chi connectivity index (χ4n) is 0.785. The van der Waals surface area contributed by atoms with Crippen LogP contribution in [0.4, 0.5) is 4.39 Å². The molecule has 0 saturated carbocycles. The van der Waals surface area contributed by atoms with Crippen molar-refractivity contribution in [3.8, 4) is 0 Å². The average Bonchev–Trinajstić information content (AvgIpc) is 2.43. The zero-order valence-corrected chi connectivity index (χ0v) is 5.80. The first-order valence-electron chi connectivity index (χ1n) is 3.15. The van der Waals surface area contributed by atoms with Crippen LogP contribution in [0.5, 0.6) is 0 Å². The van der Waals surface area contributed by atoms with Crippen molar-refractivity contribution in [1.29, 1.82) is 0 Å². The molecule has 0 aliphatic heterocycles. The van der Waals surface area contributed by atoms with E-state index in [1.165, 1.54) is 6.26 Å². The van der Waals surface area contributed by atoms with Crippen molar-refractivity contribution >= 4 is 0 Å². The molecular formula is C7H10FNO. The topological polar surface area (TPSA) is 25.2 Å². The molecule has 0 spiro atoms. The van der Waals surface area contributed by atoms with Crippen LogP contribution < -0.4 is 5.32 Å². The fraction of sp³-hybridized carbons (Fsp3) is 0.429. The summed E-state index contributed by atoms with van der Waals surface area (Å²) in [5.41, 5.74) is 0. The number of hydrogen-bond donors (Lipinski definition) is 1. The molecule has 56 valence electrons. The van der Waals surface area contributed by atoms with Gasteiger partial charge in [-0.1, -0.05) is 0 Å². The Kier molecular flexibility index (Phi) is 2.45. The Morgan fingerprint density at radius 3 is 3.00 bits per heavy atom. The number of furan rings is 1. The van der Waals surface area contributed by atoms with Gasteiger partial charge in [-0.3, -0.25) is 0 Å². The molecule has 0 aliphatic rings. The second kappa shape index (κ2) is 3.37. The molecule has 1 unspecified atom stereocenters. The first-order valence-corrected chi connectivity index (χ1v) is 3.15. The fourth-order valence-corrected chi connectivity index (χ4v) is 0.785. The first kappa shape index (κ1) is 7.28. The van der Waals surface area contributed by atoms with Crippen LogP contribution in [-0.2, 0) is 0 Å². The highest BCUT2D eigenvalue weighted by atomic mass is 19.1. The summed E-state index contributed by atoms with van der Waals surface area (Å²) in [5.74, 6) is 0.644. The molecule has 1 atom stereocenters. The maximum atomic E-state index is 12.1. The summed E-state index contributed by atoms with van der Waals surface area (Å²) in [6, 6.07) is 3.20. The summed E-state index contributed by atoms with van der Waals surface area (Å²) < 4.78 is 17.1. The van der Waals surface area contributed by atoms with Gasteiger partial charge in [0.2, 0.25) is 0 Å². The molecule has 10 heavy (non-hydrogen) atoms. The molecule has 1 N–H and O–H groups in total. The van der Waals surface area contributed by atoms with Crippen LogP contribution in [-0.4, -0.2) is 13.7 Å². The smallest absolute Gasteiger partial charge is 0.123 e. The molecule has 0 radical (unpaired) electrons. The quantitative estimate of drug-likeness (QED) is 0.693. The summed E-state index contributed by atoms with van der Waals surface area (Å²) in [6.45, 7) is -0.440. The van der Waals surface area contributed by atoms with E-state index in [1.54, 1.807) is 19.2 Å². The molecule has 1 aromatic rings. The van der Waals surface area contributed by atoms with Gasteiger partial charge in [0, 0.05) is 0 Å². The molecule has 3 heteroatoms. The van der Waals surface area contributed by atoms with Gasteiger partial charge in [0.05, 0.1) is 12.3 Å². The second-order valence-electron chi connectivity index (χ2n) is 2.01. The van der Waals surface area contributed by atoms with Crippen LogP contribution >= 0.6 is 0 Å². The van der Waals surface area contributed by atoms with E-state index in [4.69, 9.17) is 4.42 Å². The van der Waals surface area contributed by atoms with Crippen LogP contribution in [0.2, 0.25) is 0 Å². The number of alkyl halides is 1. The Labute approximate surface area is 59.0 Å². The van der Waals surface area contributed by atoms with E-state index in [9.17, 15) is 4.39 Å². The Hall–Kier alpha value is -0.830. The van der Waals surface area contributed by atoms with Crippen LogP contribution in [0.25, 0.3) is 0 Å². The van der Waals surface area contributed by atoms with Gasteiger partial charge >= 0.3 is 0 Å². The lowest BCUT2D eigenvalue weighted by molar-refractivity contribution is 0.347. The van der Waals surface area contributed by atoms with Gasteiger partial charge in [0.1, 0.15) is 12.4 Å². The van der Waals surface area contributed by atoms with Crippen molar-refractivity contribution in [3.63, 3.8) is 0 Å². The van der Waals surface area contributed by atoms with Crippen LogP contribution in [0.15, 0.2) is 22.8 Å². The third-order valence-corrected chi connectivity index (χ3v) is 1.39. The maximum Gasteiger partial charge on any atom is 0.123 e. The zero-order chi connectivity index (χ0) is 7.40. The highest BCUT2D eigenvalue weighted by Gasteiger charge is 2.09. The molecule has 0 aliphatic carbocycles. The molecular weight excluding hydrogens is 133 g/mol. The molecule has 0 bridgehead atoms. The number of hydrogen-bond acceptors (Lipinski definition) is 2. The van der Waals surface area contributed by atoms with Crippen LogP contribution in [0, 0.1) is 0 Å². The summed E-state index contributed by atoms with van der Waals surface area (Å²) in [6.07, 6.45) is 1.54. The van der Waals surface area contributed by atoms with E-state index in [2.05, 4.69) is 5.32 Å². The third-order valence-electron chi connectivity index (χ3n) is 1.39. The maximum absolute atomic E-state index is 12.1. The van der Waals surface area contributed by atoms with Gasteiger partial charge in [-0.15, -0.1) is 0 Å². The Morgan fingerprint density at radius 2 is 2.60 bits per heavy atom. The van der Waals surface area contributed by atoms with E-state index in [1.807, 2.05) is 0 Å². The molecule has 0 saturated heterocycles. The first-order chi connectivity index (χ1) is 4.88. The molecule has 0 amide bonds. The van der Waals surface area contributed by atoms with Crippen molar-refractivity contribution in [1.82, 2.24) is 5.32 Å². The van der Waals surface area contributed by atoms with Crippen molar-refractivity contribution in [2.45, 2.75) is 6.04 Å². The Balaban J connectivity index is 2.64. The molecule has 1 rings (SSSR count). The third kappa shape index (κ3) is 1.36. The van der Waals surface area contributed by atoms with E-state index in [0.29, 0.717) is 5.76 Å². The van der Waals surface area contributed by atoms with Crippen LogP contribution in [0.1, 0.15) is 11.8 Å². The van der Waals surface area contributed by atoms with Crippen molar-refractivity contribution in [3.05, 3.63) is 24.2 Å². The number of halogens is 1. The minimum Gasteiger partial charge on any atom is -0.468 e. The normalized spacial score (nSPS) is 13.4. The Bertz CT molecular complexity index is 170. The predicted molar refractivity (Wildman–Crippen MR) is 36.5 cm³/mol. The predicted octanol–water partition coefficient (Wildman–Crippen LogP) is 1.51. The van der Waals surface area contributed by atoms with Gasteiger partial charge in [-0.25, -0.2) is 4.39 Å². The minimum atomic E-state index is -0.440. The zero-order valence-electron chi connectivity index (χ0n) is 5.80. The molecule has 2 nitrogen and oxygen atoms in total. The molecule has 0 fully saturated rings. The van der Waals surface area contributed by atoms with Crippen molar-refractivity contribution < 1.29 is 8.81 Å². The number of nitrogens with one attached hydrogen (secondary N) is 1. The lowest BCUT2D eigenvalue weighted by atomic mass is 10.2.